The van der Waals surface area contributed by atoms with Crippen molar-refractivity contribution in [3.63, 3.8) is 0 Å². The van der Waals surface area contributed by atoms with Crippen LogP contribution in [0.15, 0.2) is 0 Å². The van der Waals surface area contributed by atoms with Crippen molar-refractivity contribution >= 4 is 28.2 Å². The Labute approximate surface area is 128 Å². The van der Waals surface area contributed by atoms with E-state index < -0.39 is 0 Å². The molecular weight excluding hydrogens is 292 g/mol. The van der Waals surface area contributed by atoms with Crippen molar-refractivity contribution in [2.24, 2.45) is 5.92 Å². The molecule has 120 valence electrons. The zero-order chi connectivity index (χ0) is 15.8. The fourth-order valence-electron chi connectivity index (χ4n) is 1.67. The number of rotatable bonds is 9. The summed E-state index contributed by atoms with van der Waals surface area (Å²) in [6, 6.07) is -0.249. The first kappa shape index (κ1) is 17.7. The molecule has 0 saturated carbocycles. The van der Waals surface area contributed by atoms with E-state index in [4.69, 9.17) is 15.6 Å². The van der Waals surface area contributed by atoms with Crippen LogP contribution in [-0.2, 0) is 4.74 Å². The molecule has 1 rings (SSSR count). The van der Waals surface area contributed by atoms with Gasteiger partial charge >= 0.3 is 0 Å². The lowest BCUT2D eigenvalue weighted by molar-refractivity contribution is 0.0883. The molecule has 1 heterocycles. The number of aromatic nitrogens is 1. The van der Waals surface area contributed by atoms with Gasteiger partial charge in [0.05, 0.1) is 12.6 Å². The zero-order valence-corrected chi connectivity index (χ0v) is 13.5. The molecule has 0 radical (unpaired) electrons. The van der Waals surface area contributed by atoms with E-state index in [1.54, 1.807) is 7.11 Å². The number of amides is 1. The van der Waals surface area contributed by atoms with Crippen LogP contribution in [0.25, 0.3) is 0 Å². The summed E-state index contributed by atoms with van der Waals surface area (Å²) >= 11 is 1.23. The molecule has 1 aromatic rings. The minimum absolute atomic E-state index is 0.0202. The third-order valence-corrected chi connectivity index (χ3v) is 3.73. The predicted molar refractivity (Wildman–Crippen MR) is 84.7 cm³/mol. The number of carbonyl (C=O) groups is 1. The summed E-state index contributed by atoms with van der Waals surface area (Å²) in [6.07, 6.45) is 0.427. The van der Waals surface area contributed by atoms with Crippen LogP contribution in [0.5, 0.6) is 0 Å². The largest absolute Gasteiger partial charge is 0.396 e. The van der Waals surface area contributed by atoms with Crippen LogP contribution < -0.4 is 16.4 Å². The van der Waals surface area contributed by atoms with Crippen LogP contribution in [0, 0.1) is 5.92 Å². The fraction of sp³-hybridized carbons (Fsp3) is 0.692. The Kier molecular flexibility index (Phi) is 7.41. The lowest BCUT2D eigenvalue weighted by Gasteiger charge is -2.16. The molecule has 0 aromatic carbocycles. The number of nitrogen functional groups attached to an aromatic ring is 1. The average Bonchev–Trinajstić information content (AvgIpc) is 2.78. The van der Waals surface area contributed by atoms with E-state index >= 15 is 0 Å². The quantitative estimate of drug-likeness (QED) is 0.539. The number of aliphatic hydroxyl groups excluding tert-OH is 1. The number of nitrogens with two attached hydrogens (primary N) is 1. The molecule has 1 unspecified atom stereocenters. The van der Waals surface area contributed by atoms with Crippen LogP contribution in [0.1, 0.15) is 29.9 Å². The lowest BCUT2D eigenvalue weighted by Crippen LogP contribution is -2.38. The number of nitrogens with one attached hydrogen (secondary N) is 2. The monoisotopic (exact) mass is 316 g/mol. The highest BCUT2D eigenvalue weighted by Crippen LogP contribution is 2.25. The van der Waals surface area contributed by atoms with Crippen molar-refractivity contribution in [2.45, 2.75) is 26.3 Å². The number of carbonyl (C=O) groups excluding carboxylic acids is 1. The molecule has 1 amide bonds. The molecule has 1 atom stereocenters. The molecule has 0 saturated heterocycles. The van der Waals surface area contributed by atoms with Gasteiger partial charge in [-0.1, -0.05) is 25.2 Å². The molecule has 8 heteroatoms. The predicted octanol–water partition coefficient (Wildman–Crippen LogP) is 0.920. The summed E-state index contributed by atoms with van der Waals surface area (Å²) in [5, 5.41) is 15.6. The molecule has 0 aliphatic carbocycles. The van der Waals surface area contributed by atoms with Gasteiger partial charge in [0.1, 0.15) is 10.7 Å². The van der Waals surface area contributed by atoms with Crippen LogP contribution in [0.4, 0.5) is 10.9 Å². The Morgan fingerprint density at radius 3 is 2.81 bits per heavy atom. The highest BCUT2D eigenvalue weighted by molar-refractivity contribution is 7.18. The minimum atomic E-state index is -0.293. The van der Waals surface area contributed by atoms with Gasteiger partial charge in [0.25, 0.3) is 5.91 Å². The molecule has 0 bridgehead atoms. The first-order valence-corrected chi connectivity index (χ1v) is 7.70. The number of aliphatic hydroxyl groups is 1. The van der Waals surface area contributed by atoms with Gasteiger partial charge in [-0.3, -0.25) is 4.79 Å². The number of thiazole rings is 1. The normalized spacial score (nSPS) is 12.4. The van der Waals surface area contributed by atoms with Crippen molar-refractivity contribution in [1.82, 2.24) is 10.3 Å². The second kappa shape index (κ2) is 8.81. The summed E-state index contributed by atoms with van der Waals surface area (Å²) in [5.74, 6) is 0.394. The maximum absolute atomic E-state index is 12.2. The van der Waals surface area contributed by atoms with Gasteiger partial charge in [-0.2, -0.15) is 0 Å². The summed E-state index contributed by atoms with van der Waals surface area (Å²) in [7, 11) is 1.55. The van der Waals surface area contributed by atoms with Gasteiger partial charge < -0.3 is 26.2 Å². The Morgan fingerprint density at radius 2 is 2.24 bits per heavy atom. The van der Waals surface area contributed by atoms with Gasteiger partial charge in [-0.15, -0.1) is 0 Å². The van der Waals surface area contributed by atoms with Crippen molar-refractivity contribution < 1.29 is 14.6 Å². The molecule has 0 aliphatic heterocycles. The van der Waals surface area contributed by atoms with E-state index in [9.17, 15) is 4.79 Å². The molecular formula is C13H24N4O3S. The first-order valence-electron chi connectivity index (χ1n) is 6.88. The van der Waals surface area contributed by atoms with Crippen LogP contribution in [0.2, 0.25) is 0 Å². The number of ether oxygens (including phenoxy) is 1. The zero-order valence-electron chi connectivity index (χ0n) is 12.7. The second-order valence-corrected chi connectivity index (χ2v) is 6.15. The second-order valence-electron chi connectivity index (χ2n) is 5.15. The summed E-state index contributed by atoms with van der Waals surface area (Å²) in [5.41, 5.74) is 5.79. The third-order valence-electron chi connectivity index (χ3n) is 2.70. The standard InChI is InChI=1S/C13H24N4O3S/c1-8(2)6-15-13-17-11(14)10(21-13)12(19)16-9(4-5-18)7-20-3/h8-9,18H,4-7,14H2,1-3H3,(H,15,17)(H,16,19). The molecule has 5 N–H and O–H groups in total. The van der Waals surface area contributed by atoms with Gasteiger partial charge in [0.2, 0.25) is 0 Å². The Morgan fingerprint density at radius 1 is 1.52 bits per heavy atom. The molecule has 21 heavy (non-hydrogen) atoms. The van der Waals surface area contributed by atoms with E-state index in [1.165, 1.54) is 11.3 Å². The van der Waals surface area contributed by atoms with Crippen molar-refractivity contribution in [2.75, 3.05) is 37.9 Å². The highest BCUT2D eigenvalue weighted by Gasteiger charge is 2.19. The Hall–Kier alpha value is -1.38. The van der Waals surface area contributed by atoms with Crippen molar-refractivity contribution in [3.05, 3.63) is 4.88 Å². The lowest BCUT2D eigenvalue weighted by atomic mass is 10.2. The molecule has 1 aromatic heterocycles. The molecule has 0 spiro atoms. The van der Waals surface area contributed by atoms with E-state index in [1.807, 2.05) is 0 Å². The summed E-state index contributed by atoms with van der Waals surface area (Å²) < 4.78 is 5.01. The van der Waals surface area contributed by atoms with Crippen molar-refractivity contribution in [1.29, 1.82) is 0 Å². The Bertz CT molecular complexity index is 445. The van der Waals surface area contributed by atoms with Gasteiger partial charge in [0.15, 0.2) is 5.13 Å². The molecule has 7 nitrogen and oxygen atoms in total. The SMILES string of the molecule is COCC(CCO)NC(=O)c1sc(NCC(C)C)nc1N. The minimum Gasteiger partial charge on any atom is -0.396 e. The fourth-order valence-corrected chi connectivity index (χ4v) is 2.46. The maximum atomic E-state index is 12.2. The summed E-state index contributed by atoms with van der Waals surface area (Å²) in [4.78, 5) is 16.7. The summed E-state index contributed by atoms with van der Waals surface area (Å²) in [6.45, 7) is 5.26. The number of methoxy groups -OCH3 is 1. The topological polar surface area (TPSA) is 110 Å². The van der Waals surface area contributed by atoms with E-state index in [0.717, 1.165) is 6.54 Å². The Balaban J connectivity index is 2.68. The van der Waals surface area contributed by atoms with Crippen LogP contribution >= 0.6 is 11.3 Å². The van der Waals surface area contributed by atoms with Gasteiger partial charge in [0, 0.05) is 20.3 Å². The average molecular weight is 316 g/mol. The van der Waals surface area contributed by atoms with Gasteiger partial charge in [-0.25, -0.2) is 4.98 Å². The number of hydrogen-bond acceptors (Lipinski definition) is 7. The van der Waals surface area contributed by atoms with E-state index in [-0.39, 0.29) is 24.4 Å². The number of anilines is 2. The number of hydrogen-bond donors (Lipinski definition) is 4. The van der Waals surface area contributed by atoms with E-state index in [2.05, 4.69) is 29.5 Å². The van der Waals surface area contributed by atoms with Gasteiger partial charge in [-0.05, 0) is 12.3 Å². The van der Waals surface area contributed by atoms with Crippen LogP contribution in [0.3, 0.4) is 0 Å². The first-order chi connectivity index (χ1) is 9.97. The smallest absolute Gasteiger partial charge is 0.265 e. The molecule has 0 fully saturated rings. The highest BCUT2D eigenvalue weighted by atomic mass is 32.1. The van der Waals surface area contributed by atoms with Crippen molar-refractivity contribution in [3.8, 4) is 0 Å². The maximum Gasteiger partial charge on any atom is 0.265 e. The third kappa shape index (κ3) is 5.86. The molecule has 0 aliphatic rings. The number of nitrogens with zero attached hydrogens (tertiary/aromatic N) is 1. The van der Waals surface area contributed by atoms with Crippen LogP contribution in [-0.4, -0.2) is 48.9 Å². The van der Waals surface area contributed by atoms with E-state index in [0.29, 0.717) is 29.0 Å².